The van der Waals surface area contributed by atoms with E-state index in [-0.39, 0.29) is 11.9 Å². The van der Waals surface area contributed by atoms with Crippen molar-refractivity contribution in [3.05, 3.63) is 113 Å². The average Bonchev–Trinajstić information content (AvgIpc) is 2.78. The molecular weight excluding hydrogens is 370 g/mol. The molecule has 1 aliphatic heterocycles. The lowest BCUT2D eigenvalue weighted by Crippen LogP contribution is -2.47. The lowest BCUT2D eigenvalue weighted by Gasteiger charge is -2.39. The highest BCUT2D eigenvalue weighted by atomic mass is 18.2. The number of hydrogen-bond acceptors (Lipinski definition) is 2. The molecule has 3 aromatic carbocycles. The summed E-state index contributed by atoms with van der Waals surface area (Å²) in [6.07, 6.45) is 4.46. The van der Waals surface area contributed by atoms with Gasteiger partial charge in [-0.05, 0) is 35.7 Å². The fourth-order valence-corrected chi connectivity index (χ4v) is 4.11. The van der Waals surface area contributed by atoms with E-state index in [1.54, 1.807) is 12.1 Å². The number of nitrogens with zero attached hydrogens (tertiary/aromatic N) is 2. The molecule has 1 heterocycles. The molecule has 4 rings (SSSR count). The third-order valence-electron chi connectivity index (χ3n) is 5.82. The highest BCUT2D eigenvalue weighted by molar-refractivity contribution is 5.49. The second-order valence-corrected chi connectivity index (χ2v) is 8.01. The number of halogens is 1. The summed E-state index contributed by atoms with van der Waals surface area (Å²) in [5.74, 6) is -0.184. The Morgan fingerprint density at radius 2 is 1.43 bits per heavy atom. The molecule has 1 saturated heterocycles. The van der Waals surface area contributed by atoms with Crippen LogP contribution in [0.5, 0.6) is 0 Å². The summed E-state index contributed by atoms with van der Waals surface area (Å²) in [7, 11) is 0. The molecule has 3 aromatic rings. The van der Waals surface area contributed by atoms with Crippen molar-refractivity contribution in [3.63, 3.8) is 0 Å². The average molecular weight is 400 g/mol. The van der Waals surface area contributed by atoms with Gasteiger partial charge in [0.25, 0.3) is 0 Å². The Kier molecular flexibility index (Phi) is 6.73. The number of hydrogen-bond donors (Lipinski definition) is 0. The van der Waals surface area contributed by atoms with Crippen LogP contribution in [0.3, 0.4) is 0 Å². The van der Waals surface area contributed by atoms with Crippen LogP contribution < -0.4 is 0 Å². The summed E-state index contributed by atoms with van der Waals surface area (Å²) in [6, 6.07) is 26.3. The van der Waals surface area contributed by atoms with E-state index in [4.69, 9.17) is 0 Å². The van der Waals surface area contributed by atoms with Crippen LogP contribution in [0.2, 0.25) is 0 Å². The molecule has 0 bridgehead atoms. The maximum absolute atomic E-state index is 13.5. The molecule has 0 saturated carbocycles. The Bertz CT molecular complexity index is 940. The Hall–Kier alpha value is -2.75. The van der Waals surface area contributed by atoms with Crippen molar-refractivity contribution in [1.29, 1.82) is 0 Å². The van der Waals surface area contributed by atoms with E-state index >= 15 is 0 Å². The first kappa shape index (κ1) is 20.5. The van der Waals surface area contributed by atoms with Gasteiger partial charge in [0.15, 0.2) is 0 Å². The molecule has 0 amide bonds. The minimum absolute atomic E-state index is 0.164. The largest absolute Gasteiger partial charge is 0.297 e. The van der Waals surface area contributed by atoms with Crippen LogP contribution in [0.4, 0.5) is 4.39 Å². The first-order valence-electron chi connectivity index (χ1n) is 10.7. The van der Waals surface area contributed by atoms with Crippen LogP contribution in [0.1, 0.15) is 28.3 Å². The number of piperazine rings is 1. The minimum atomic E-state index is -0.184. The van der Waals surface area contributed by atoms with Crippen LogP contribution in [-0.4, -0.2) is 42.5 Å². The van der Waals surface area contributed by atoms with E-state index in [2.05, 4.69) is 77.4 Å². The van der Waals surface area contributed by atoms with Crippen LogP contribution in [0.25, 0.3) is 6.08 Å². The zero-order chi connectivity index (χ0) is 20.8. The van der Waals surface area contributed by atoms with Crippen LogP contribution >= 0.6 is 0 Å². The normalized spacial score (nSPS) is 16.7. The fourth-order valence-electron chi connectivity index (χ4n) is 4.11. The van der Waals surface area contributed by atoms with E-state index in [0.717, 1.165) is 38.3 Å². The summed E-state index contributed by atoms with van der Waals surface area (Å²) in [5, 5.41) is 0. The van der Waals surface area contributed by atoms with Crippen LogP contribution in [-0.2, 0) is 0 Å². The van der Waals surface area contributed by atoms with Gasteiger partial charge >= 0.3 is 0 Å². The van der Waals surface area contributed by atoms with Crippen LogP contribution in [0.15, 0.2) is 84.9 Å². The van der Waals surface area contributed by atoms with Gasteiger partial charge in [-0.1, -0.05) is 84.4 Å². The lowest BCUT2D eigenvalue weighted by molar-refractivity contribution is 0.118. The molecule has 1 fully saturated rings. The van der Waals surface area contributed by atoms with E-state index in [0.29, 0.717) is 0 Å². The minimum Gasteiger partial charge on any atom is -0.297 e. The maximum Gasteiger partial charge on any atom is 0.123 e. The first-order chi connectivity index (χ1) is 14.7. The van der Waals surface area contributed by atoms with Crippen molar-refractivity contribution < 1.29 is 4.39 Å². The van der Waals surface area contributed by atoms with Gasteiger partial charge in [-0.25, -0.2) is 4.39 Å². The molecule has 0 N–H and O–H groups in total. The molecule has 1 unspecified atom stereocenters. The van der Waals surface area contributed by atoms with E-state index < -0.39 is 0 Å². The van der Waals surface area contributed by atoms with E-state index in [1.165, 1.54) is 16.7 Å². The molecule has 0 spiro atoms. The van der Waals surface area contributed by atoms with Gasteiger partial charge in [0, 0.05) is 32.7 Å². The summed E-state index contributed by atoms with van der Waals surface area (Å²) >= 11 is 0. The van der Waals surface area contributed by atoms with E-state index in [1.807, 2.05) is 18.2 Å². The lowest BCUT2D eigenvalue weighted by atomic mass is 9.96. The number of rotatable bonds is 6. The Labute approximate surface area is 179 Å². The summed E-state index contributed by atoms with van der Waals surface area (Å²) in [4.78, 5) is 5.01. The molecule has 154 valence electrons. The molecule has 0 aliphatic carbocycles. The smallest absolute Gasteiger partial charge is 0.123 e. The second-order valence-electron chi connectivity index (χ2n) is 8.01. The predicted molar refractivity (Wildman–Crippen MR) is 123 cm³/mol. The third-order valence-corrected chi connectivity index (χ3v) is 5.82. The molecule has 3 heteroatoms. The van der Waals surface area contributed by atoms with Crippen molar-refractivity contribution in [1.82, 2.24) is 9.80 Å². The number of aryl methyl sites for hydroxylation is 1. The highest BCUT2D eigenvalue weighted by Crippen LogP contribution is 2.29. The first-order valence-corrected chi connectivity index (χ1v) is 10.7. The maximum atomic E-state index is 13.5. The van der Waals surface area contributed by atoms with Gasteiger partial charge in [-0.3, -0.25) is 9.80 Å². The molecule has 1 aliphatic rings. The Balaban J connectivity index is 1.40. The summed E-state index contributed by atoms with van der Waals surface area (Å²) in [6.45, 7) is 7.13. The third kappa shape index (κ3) is 5.24. The Morgan fingerprint density at radius 1 is 0.800 bits per heavy atom. The van der Waals surface area contributed by atoms with Gasteiger partial charge in [0.1, 0.15) is 5.82 Å². The summed E-state index contributed by atoms with van der Waals surface area (Å²) < 4.78 is 13.5. The topological polar surface area (TPSA) is 6.48 Å². The van der Waals surface area contributed by atoms with Gasteiger partial charge < -0.3 is 0 Å². The van der Waals surface area contributed by atoms with Gasteiger partial charge in [-0.15, -0.1) is 0 Å². The molecule has 0 aromatic heterocycles. The van der Waals surface area contributed by atoms with Crippen molar-refractivity contribution in [2.75, 3.05) is 32.7 Å². The second kappa shape index (κ2) is 9.84. The molecule has 30 heavy (non-hydrogen) atoms. The molecule has 0 radical (unpaired) electrons. The Morgan fingerprint density at radius 3 is 2.10 bits per heavy atom. The van der Waals surface area contributed by atoms with Crippen molar-refractivity contribution in [2.24, 2.45) is 0 Å². The van der Waals surface area contributed by atoms with Crippen molar-refractivity contribution in [3.8, 4) is 0 Å². The quantitative estimate of drug-likeness (QED) is 0.536. The van der Waals surface area contributed by atoms with Gasteiger partial charge in [0.05, 0.1) is 6.04 Å². The predicted octanol–water partition coefficient (Wildman–Crippen LogP) is 5.55. The highest BCUT2D eigenvalue weighted by Gasteiger charge is 2.26. The van der Waals surface area contributed by atoms with Gasteiger partial charge in [0.2, 0.25) is 0 Å². The molecular formula is C27H29FN2. The summed E-state index contributed by atoms with van der Waals surface area (Å²) in [5.41, 5.74) is 4.95. The van der Waals surface area contributed by atoms with Crippen molar-refractivity contribution >= 4 is 6.08 Å². The SMILES string of the molecule is Cc1ccc(/C=C/CN2CCN(C(c3ccccc3)c3ccc([18F])cc3)CC2)cc1. The molecule has 2 nitrogen and oxygen atoms in total. The van der Waals surface area contributed by atoms with E-state index in [9.17, 15) is 4.39 Å². The van der Waals surface area contributed by atoms with Gasteiger partial charge in [-0.2, -0.15) is 0 Å². The standard InChI is InChI=1S/C27H29FN2/c1-22-9-11-23(12-10-22)6-5-17-29-18-20-30(21-19-29)27(24-7-3-2-4-8-24)25-13-15-26(28)16-14-25/h2-16,27H,17-21H2,1H3/b6-5+/i28-1. The van der Waals surface area contributed by atoms with Crippen molar-refractivity contribution in [2.45, 2.75) is 13.0 Å². The fraction of sp³-hybridized carbons (Fsp3) is 0.259. The zero-order valence-corrected chi connectivity index (χ0v) is 17.5. The molecule has 1 atom stereocenters. The number of benzene rings is 3. The monoisotopic (exact) mass is 399 g/mol. The van der Waals surface area contributed by atoms with Crippen LogP contribution in [0, 0.1) is 12.7 Å². The zero-order valence-electron chi connectivity index (χ0n) is 17.5.